The number of hydrogen-bond acceptors (Lipinski definition) is 4. The molecule has 0 saturated carbocycles. The molecule has 0 radical (unpaired) electrons. The summed E-state index contributed by atoms with van der Waals surface area (Å²) in [5.41, 5.74) is 2.92. The van der Waals surface area contributed by atoms with Crippen molar-refractivity contribution in [1.29, 1.82) is 0 Å². The van der Waals surface area contributed by atoms with E-state index >= 15 is 0 Å². The molecule has 0 N–H and O–H groups in total. The molecule has 0 amide bonds. The molecule has 1 fully saturated rings. The van der Waals surface area contributed by atoms with E-state index in [-0.39, 0.29) is 5.41 Å². The molecule has 0 aromatic heterocycles. The van der Waals surface area contributed by atoms with E-state index in [9.17, 15) is 0 Å². The van der Waals surface area contributed by atoms with Crippen LogP contribution in [0.25, 0.3) is 6.08 Å². The number of rotatable bonds is 4. The van der Waals surface area contributed by atoms with Crippen LogP contribution in [0.3, 0.4) is 0 Å². The van der Waals surface area contributed by atoms with Gasteiger partial charge in [0.2, 0.25) is 0 Å². The Balaban J connectivity index is 1.77. The molecule has 2 aromatic rings. The number of benzene rings is 2. The minimum atomic E-state index is -0.500. The first-order valence-electron chi connectivity index (χ1n) is 9.45. The van der Waals surface area contributed by atoms with Crippen LogP contribution < -0.4 is 14.4 Å². The molecule has 27 heavy (non-hydrogen) atoms. The van der Waals surface area contributed by atoms with Gasteiger partial charge in [0.05, 0.1) is 20.8 Å². The summed E-state index contributed by atoms with van der Waals surface area (Å²) in [5, 5.41) is 0. The fourth-order valence-corrected chi connectivity index (χ4v) is 4.35. The van der Waals surface area contributed by atoms with Crippen LogP contribution in [-0.2, 0) is 10.2 Å². The predicted molar refractivity (Wildman–Crippen MR) is 109 cm³/mol. The smallest absolute Gasteiger partial charge is 0.169 e. The van der Waals surface area contributed by atoms with E-state index in [0.29, 0.717) is 0 Å². The Hall–Kier alpha value is -2.46. The van der Waals surface area contributed by atoms with Crippen LogP contribution >= 0.6 is 0 Å². The number of hydrogen-bond donors (Lipinski definition) is 0. The normalized spacial score (nSPS) is 23.2. The lowest BCUT2D eigenvalue weighted by Crippen LogP contribution is -2.59. The second-order valence-corrected chi connectivity index (χ2v) is 7.66. The highest BCUT2D eigenvalue weighted by Crippen LogP contribution is 2.55. The van der Waals surface area contributed by atoms with Crippen molar-refractivity contribution >= 4 is 11.8 Å². The van der Waals surface area contributed by atoms with Crippen molar-refractivity contribution in [3.63, 3.8) is 0 Å². The predicted octanol–water partition coefficient (Wildman–Crippen LogP) is 4.63. The maximum Gasteiger partial charge on any atom is 0.169 e. The van der Waals surface area contributed by atoms with Gasteiger partial charge in [-0.1, -0.05) is 32.1 Å². The van der Waals surface area contributed by atoms with Crippen molar-refractivity contribution in [3.8, 4) is 11.5 Å². The molecular formula is C23H27NO3. The largest absolute Gasteiger partial charge is 0.497 e. The Bertz CT molecular complexity index is 856. The zero-order chi connectivity index (χ0) is 19.1. The fraction of sp³-hybridized carbons (Fsp3) is 0.391. The first-order chi connectivity index (χ1) is 13.0. The van der Waals surface area contributed by atoms with Crippen LogP contribution in [0, 0.1) is 0 Å². The Morgan fingerprint density at radius 1 is 1.00 bits per heavy atom. The third-order valence-electron chi connectivity index (χ3n) is 5.93. The van der Waals surface area contributed by atoms with Crippen molar-refractivity contribution in [2.45, 2.75) is 31.4 Å². The molecule has 0 aliphatic carbocycles. The lowest BCUT2D eigenvalue weighted by atomic mass is 9.76. The number of nitrogens with zero attached hydrogens (tertiary/aromatic N) is 1. The molecule has 2 aliphatic heterocycles. The number of ether oxygens (including phenoxy) is 3. The summed E-state index contributed by atoms with van der Waals surface area (Å²) >= 11 is 0. The third kappa shape index (κ3) is 2.71. The molecule has 2 aliphatic rings. The van der Waals surface area contributed by atoms with Gasteiger partial charge in [-0.2, -0.15) is 0 Å². The van der Waals surface area contributed by atoms with Crippen LogP contribution in [0.1, 0.15) is 31.4 Å². The Labute approximate surface area is 161 Å². The van der Waals surface area contributed by atoms with E-state index in [2.05, 4.69) is 55.2 Å². The van der Waals surface area contributed by atoms with Gasteiger partial charge in [-0.15, -0.1) is 0 Å². The van der Waals surface area contributed by atoms with Gasteiger partial charge in [0, 0.05) is 17.6 Å². The molecule has 1 unspecified atom stereocenters. The summed E-state index contributed by atoms with van der Waals surface area (Å²) < 4.78 is 17.2. The summed E-state index contributed by atoms with van der Waals surface area (Å²) in [6.07, 6.45) is 5.41. The van der Waals surface area contributed by atoms with Crippen molar-refractivity contribution in [3.05, 3.63) is 59.7 Å². The van der Waals surface area contributed by atoms with E-state index in [1.165, 1.54) is 11.3 Å². The molecule has 4 nitrogen and oxygen atoms in total. The fourth-order valence-electron chi connectivity index (χ4n) is 4.35. The van der Waals surface area contributed by atoms with Gasteiger partial charge in [-0.3, -0.25) is 0 Å². The zero-order valence-corrected chi connectivity index (χ0v) is 16.5. The first-order valence-corrected chi connectivity index (χ1v) is 9.45. The molecule has 2 aromatic carbocycles. The van der Waals surface area contributed by atoms with Crippen LogP contribution in [0.4, 0.5) is 5.69 Å². The Morgan fingerprint density at radius 2 is 1.70 bits per heavy atom. The van der Waals surface area contributed by atoms with Gasteiger partial charge in [-0.25, -0.2) is 0 Å². The molecule has 0 spiro atoms. The summed E-state index contributed by atoms with van der Waals surface area (Å²) in [6.45, 7) is 6.26. The van der Waals surface area contributed by atoms with Crippen LogP contribution in [0.15, 0.2) is 48.5 Å². The molecule has 4 rings (SSSR count). The van der Waals surface area contributed by atoms with Crippen LogP contribution in [-0.4, -0.2) is 33.1 Å². The summed E-state index contributed by atoms with van der Waals surface area (Å²) in [4.78, 5) is 2.41. The topological polar surface area (TPSA) is 30.9 Å². The van der Waals surface area contributed by atoms with E-state index < -0.39 is 5.72 Å². The van der Waals surface area contributed by atoms with Crippen LogP contribution in [0.5, 0.6) is 11.5 Å². The molecule has 4 heteroatoms. The average Bonchev–Trinajstić information content (AvgIpc) is 2.91. The van der Waals surface area contributed by atoms with E-state index in [1.54, 1.807) is 14.2 Å². The summed E-state index contributed by atoms with van der Waals surface area (Å²) in [7, 11) is 3.40. The highest BCUT2D eigenvalue weighted by molar-refractivity contribution is 5.70. The molecule has 0 bridgehead atoms. The monoisotopic (exact) mass is 365 g/mol. The molecular weight excluding hydrogens is 338 g/mol. The van der Waals surface area contributed by atoms with Crippen LogP contribution in [0.2, 0.25) is 0 Å². The highest BCUT2D eigenvalue weighted by atomic mass is 16.5. The lowest BCUT2D eigenvalue weighted by Gasteiger charge is -2.48. The first kappa shape index (κ1) is 17.9. The standard InChI is InChI=1S/C23H27NO3/c1-22(2)20-16-19(26-4)10-11-21(20)24-14-5-15-27-23(22,24)13-12-17-6-8-18(25-3)9-7-17/h6-13,16H,5,14-15H2,1-4H3/b13-12+. The van der Waals surface area contributed by atoms with Gasteiger partial charge in [-0.05, 0) is 54.0 Å². The number of fused-ring (bicyclic) bond motifs is 3. The van der Waals surface area contributed by atoms with Crippen molar-refractivity contribution in [2.75, 3.05) is 32.3 Å². The van der Waals surface area contributed by atoms with Crippen molar-refractivity contribution in [1.82, 2.24) is 0 Å². The molecule has 1 saturated heterocycles. The average molecular weight is 365 g/mol. The summed E-state index contributed by atoms with van der Waals surface area (Å²) in [5.74, 6) is 1.75. The molecule has 142 valence electrons. The Kier molecular flexibility index (Phi) is 4.39. The van der Waals surface area contributed by atoms with Gasteiger partial charge in [0.1, 0.15) is 11.5 Å². The SMILES string of the molecule is COc1ccc(/C=C/C23OCCCN2c2ccc(OC)cc2C3(C)C)cc1. The zero-order valence-electron chi connectivity index (χ0n) is 16.5. The highest BCUT2D eigenvalue weighted by Gasteiger charge is 2.57. The van der Waals surface area contributed by atoms with Gasteiger partial charge >= 0.3 is 0 Å². The Morgan fingerprint density at radius 3 is 2.41 bits per heavy atom. The second-order valence-electron chi connectivity index (χ2n) is 7.66. The molecule has 1 atom stereocenters. The number of anilines is 1. The maximum absolute atomic E-state index is 6.50. The van der Waals surface area contributed by atoms with E-state index in [1.807, 2.05) is 18.2 Å². The minimum absolute atomic E-state index is 0.208. The van der Waals surface area contributed by atoms with Crippen molar-refractivity contribution in [2.24, 2.45) is 0 Å². The van der Waals surface area contributed by atoms with Crippen molar-refractivity contribution < 1.29 is 14.2 Å². The van der Waals surface area contributed by atoms with Gasteiger partial charge in [0.15, 0.2) is 5.72 Å². The number of methoxy groups -OCH3 is 2. The molecule has 2 heterocycles. The second kappa shape index (κ2) is 6.61. The summed E-state index contributed by atoms with van der Waals surface area (Å²) in [6, 6.07) is 14.4. The van der Waals surface area contributed by atoms with E-state index in [0.717, 1.165) is 36.6 Å². The van der Waals surface area contributed by atoms with Gasteiger partial charge < -0.3 is 19.1 Å². The maximum atomic E-state index is 6.50. The lowest BCUT2D eigenvalue weighted by molar-refractivity contribution is -0.0683. The minimum Gasteiger partial charge on any atom is -0.497 e. The quantitative estimate of drug-likeness (QED) is 0.790. The van der Waals surface area contributed by atoms with Gasteiger partial charge in [0.25, 0.3) is 0 Å². The van der Waals surface area contributed by atoms with E-state index in [4.69, 9.17) is 14.2 Å². The third-order valence-corrected chi connectivity index (χ3v) is 5.93.